The van der Waals surface area contributed by atoms with Gasteiger partial charge in [-0.15, -0.1) is 0 Å². The van der Waals surface area contributed by atoms with Crippen LogP contribution in [0.4, 0.5) is 0 Å². The number of H-pyrrole nitrogens is 3. The monoisotopic (exact) mass is 1270 g/mol. The summed E-state index contributed by atoms with van der Waals surface area (Å²) in [6, 6.07) is 6.87. The summed E-state index contributed by atoms with van der Waals surface area (Å²) in [5.41, 5.74) is 12.7. The Kier molecular flexibility index (Phi) is 28.9. The summed E-state index contributed by atoms with van der Waals surface area (Å²) < 4.78 is 4.97. The smallest absolute Gasteiger partial charge is 1.00 e. The van der Waals surface area contributed by atoms with Crippen molar-refractivity contribution in [2.45, 2.75) is 197 Å². The third-order valence-electron chi connectivity index (χ3n) is 15.7. The van der Waals surface area contributed by atoms with Gasteiger partial charge in [0.1, 0.15) is 30.2 Å². The number of ether oxygens (including phenoxy) is 1. The Morgan fingerprint density at radius 1 is 0.557 bits per heavy atom. The molecule has 4 aromatic heterocycles. The summed E-state index contributed by atoms with van der Waals surface area (Å²) in [5, 5.41) is 17.4. The van der Waals surface area contributed by atoms with Crippen LogP contribution in [0.1, 0.15) is 186 Å². The van der Waals surface area contributed by atoms with Gasteiger partial charge >= 0.3 is 23.0 Å². The predicted molar refractivity (Wildman–Crippen MR) is 338 cm³/mol. The van der Waals surface area contributed by atoms with Gasteiger partial charge in [-0.1, -0.05) is 81.6 Å². The minimum Gasteiger partial charge on any atom is -1.00 e. The second-order valence-corrected chi connectivity index (χ2v) is 24.8. The molecule has 20 nitrogen and oxygen atoms in total. The van der Waals surface area contributed by atoms with Gasteiger partial charge in [0.2, 0.25) is 35.4 Å². The molecule has 4 aromatic rings. The first kappa shape index (κ1) is 73.4. The number of methoxy groups -OCH3 is 1. The summed E-state index contributed by atoms with van der Waals surface area (Å²) in [6.07, 6.45) is 8.95. The van der Waals surface area contributed by atoms with E-state index >= 15 is 0 Å². The van der Waals surface area contributed by atoms with Crippen molar-refractivity contribution < 1.29 is 67.8 Å². The molecule has 0 fully saturated rings. The van der Waals surface area contributed by atoms with E-state index in [1.165, 1.54) is 19.6 Å². The molecule has 2 aliphatic heterocycles. The Hall–Kier alpha value is -7.09. The number of allylic oxidation sites excluding steroid dienone is 4. The van der Waals surface area contributed by atoms with Gasteiger partial charge in [-0.25, -0.2) is 19.7 Å². The molecule has 6 amide bonds. The van der Waals surface area contributed by atoms with Gasteiger partial charge in [-0.05, 0) is 160 Å². The predicted octanol–water partition coefficient (Wildman–Crippen LogP) is 6.41. The standard InChI is InChI=1S/C66H94N12O8.ClH.Fe/c1-15-16-17-18-23-68-59(79)21-19-47-43(13)52-32-50-41(11)28-44(71-50)29-49-40(10)27-45(70-49)30-51-42(12)48(53(72-51)33-54(47)73-52)20-22-60(80)78-61(39(8)9)65(84)76-57(31-46-34-67-35-69-46)64(83)75-55(24-36(2)3)62(81)74-56(25-37(4)5)63(82)77-58(26-38(6)7)66(85)86-14;;/h27-30,32-39,55-58,61,70-71H,15-26,31H2,1-14H3,(H,67,69)(H,68,79)(H,74,81)(H,75,83)(H,76,84)(H,77,82)(H,78,80);1H;/q;;+3/p-1/t55-,56-,57?,58-,61-;;/m0../s1. The fourth-order valence-corrected chi connectivity index (χ4v) is 10.9. The number of amides is 6. The first-order chi connectivity index (χ1) is 40.8. The first-order valence-corrected chi connectivity index (χ1v) is 30.8. The third-order valence-corrected chi connectivity index (χ3v) is 15.7. The Bertz CT molecular complexity index is 3310. The van der Waals surface area contributed by atoms with E-state index in [2.05, 4.69) is 90.8 Å². The van der Waals surface area contributed by atoms with Gasteiger partial charge in [0.05, 0.1) is 36.2 Å². The number of hydrogen-bond donors (Lipinski definition) is 9. The van der Waals surface area contributed by atoms with E-state index in [-0.39, 0.29) is 91.7 Å². The summed E-state index contributed by atoms with van der Waals surface area (Å²) >= 11 is 0. The molecule has 0 spiro atoms. The Labute approximate surface area is 535 Å². The van der Waals surface area contributed by atoms with E-state index < -0.39 is 71.6 Å². The van der Waals surface area contributed by atoms with Crippen LogP contribution in [0.25, 0.3) is 44.4 Å². The molecule has 479 valence electrons. The van der Waals surface area contributed by atoms with Crippen LogP contribution in [-0.4, -0.2) is 115 Å². The van der Waals surface area contributed by atoms with Crippen molar-refractivity contribution in [1.29, 1.82) is 0 Å². The number of aryl methyl sites for hydroxylation is 2. The van der Waals surface area contributed by atoms with Crippen molar-refractivity contribution in [1.82, 2.24) is 61.8 Å². The fourth-order valence-electron chi connectivity index (χ4n) is 10.9. The zero-order chi connectivity index (χ0) is 62.9. The fraction of sp³-hybridized carbons (Fsp3) is 0.545. The van der Waals surface area contributed by atoms with Gasteiger partial charge in [0.25, 0.3) is 0 Å². The molecule has 0 saturated heterocycles. The van der Waals surface area contributed by atoms with Gasteiger partial charge in [-0.2, -0.15) is 0 Å². The number of carbonyl (C=O) groups excluding carboxylic acids is 7. The zero-order valence-electron chi connectivity index (χ0n) is 53.8. The van der Waals surface area contributed by atoms with Crippen LogP contribution in [0.2, 0.25) is 0 Å². The summed E-state index contributed by atoms with van der Waals surface area (Å²) in [6.45, 7) is 26.0. The van der Waals surface area contributed by atoms with Crippen molar-refractivity contribution in [3.63, 3.8) is 0 Å². The van der Waals surface area contributed by atoms with Crippen LogP contribution in [0.15, 0.2) is 48.9 Å². The summed E-state index contributed by atoms with van der Waals surface area (Å²) in [4.78, 5) is 122. The molecule has 6 heterocycles. The Morgan fingerprint density at radius 3 is 1.56 bits per heavy atom. The molecule has 0 aromatic carbocycles. The maximum atomic E-state index is 14.5. The quantitative estimate of drug-likeness (QED) is 0.0156. The number of aromatic nitrogens is 6. The molecule has 6 rings (SSSR count). The molecule has 88 heavy (non-hydrogen) atoms. The molecular weight excluding hydrogens is 1180 g/mol. The van der Waals surface area contributed by atoms with Crippen molar-refractivity contribution in [3.05, 3.63) is 88.5 Å². The second kappa shape index (κ2) is 34.6. The molecule has 0 aliphatic carbocycles. The van der Waals surface area contributed by atoms with Crippen molar-refractivity contribution in [2.24, 2.45) is 23.7 Å². The molecule has 5 atom stereocenters. The van der Waals surface area contributed by atoms with Crippen molar-refractivity contribution in [2.75, 3.05) is 13.7 Å². The number of esters is 1. The topological polar surface area (TPSA) is 287 Å². The van der Waals surface area contributed by atoms with Crippen LogP contribution >= 0.6 is 0 Å². The number of nitrogens with one attached hydrogen (secondary N) is 9. The van der Waals surface area contributed by atoms with E-state index in [0.717, 1.165) is 86.9 Å². The minimum atomic E-state index is -1.23. The zero-order valence-corrected chi connectivity index (χ0v) is 55.7. The second-order valence-electron chi connectivity index (χ2n) is 24.8. The average Bonchev–Trinajstić information content (AvgIpc) is 1.87. The summed E-state index contributed by atoms with van der Waals surface area (Å²) in [7, 11) is 1.25. The first-order valence-electron chi connectivity index (χ1n) is 30.8. The number of halogens is 1. The number of carbonyl (C=O) groups is 7. The Balaban J connectivity index is 0.00000828. The normalized spacial score (nSPS) is 13.9. The van der Waals surface area contributed by atoms with Crippen molar-refractivity contribution in [3.8, 4) is 0 Å². The number of fused-ring (bicyclic) bond motifs is 8. The maximum absolute atomic E-state index is 14.5. The number of rotatable bonds is 30. The molecule has 1 unspecified atom stereocenters. The van der Waals surface area contributed by atoms with E-state index in [9.17, 15) is 33.6 Å². The number of imidazole rings is 1. The van der Waals surface area contributed by atoms with Crippen LogP contribution in [0.3, 0.4) is 0 Å². The number of hydrogen-bond acceptors (Lipinski definition) is 11. The van der Waals surface area contributed by atoms with Crippen LogP contribution < -0.4 is 44.3 Å². The number of unbranched alkanes of at least 4 members (excludes halogenated alkanes) is 3. The Morgan fingerprint density at radius 2 is 1.05 bits per heavy atom. The number of aromatic amines is 3. The summed E-state index contributed by atoms with van der Waals surface area (Å²) in [5.74, 6) is -3.95. The maximum Gasteiger partial charge on any atom is 3.00 e. The minimum absolute atomic E-state index is 0. The van der Waals surface area contributed by atoms with Gasteiger partial charge in [0, 0.05) is 59.8 Å². The number of nitrogens with zero attached hydrogens (tertiary/aromatic N) is 3. The van der Waals surface area contributed by atoms with Gasteiger partial charge in [0.15, 0.2) is 0 Å². The molecule has 0 saturated carbocycles. The molecule has 8 bridgehead atoms. The van der Waals surface area contributed by atoms with E-state index in [4.69, 9.17) is 14.7 Å². The van der Waals surface area contributed by atoms with Crippen LogP contribution in [0, 0.1) is 37.5 Å². The van der Waals surface area contributed by atoms with E-state index in [1.807, 2.05) is 73.6 Å². The molecule has 22 heteroatoms. The third kappa shape index (κ3) is 21.0. The van der Waals surface area contributed by atoms with Crippen LogP contribution in [-0.2, 0) is 61.8 Å². The van der Waals surface area contributed by atoms with Gasteiger partial charge in [-0.3, -0.25) is 28.8 Å². The molecular formula is C66H94ClFeN12O8+2. The van der Waals surface area contributed by atoms with Gasteiger partial charge < -0.3 is 64.0 Å². The molecule has 1 radical (unpaired) electrons. The SMILES string of the molecule is CCCCCCNC(=O)CCC1=C(C)c2cc3[nH]c(cc3C)cc3[nH]c(cc4nc(cc1n2)C(CCC(=O)N[C@H](C(=O)NC(Cc1cnc[nH]1)C(=O)N[C@@H](CC(C)C)C(=O)N[C@@H](CC(C)C)C(=O)N[C@@H](CC(C)C)C(=O)OC)C(C)C)=C4C)cc3C.[Cl-].[Fe+3]. The molecule has 9 N–H and O–H groups in total. The van der Waals surface area contributed by atoms with Crippen molar-refractivity contribution >= 4 is 85.8 Å². The van der Waals surface area contributed by atoms with E-state index in [1.54, 1.807) is 13.8 Å². The molecule has 2 aliphatic rings. The van der Waals surface area contributed by atoms with Crippen LogP contribution in [0.5, 0.6) is 0 Å². The largest absolute Gasteiger partial charge is 3.00 e. The van der Waals surface area contributed by atoms with E-state index in [0.29, 0.717) is 42.2 Å². The average molecular weight is 1270 g/mol.